The Kier molecular flexibility index (Phi) is 7.06. The van der Waals surface area contributed by atoms with Crippen LogP contribution in [0, 0.1) is 11.3 Å². The first-order valence-corrected chi connectivity index (χ1v) is 10.8. The van der Waals surface area contributed by atoms with Gasteiger partial charge in [0.2, 0.25) is 0 Å². The second-order valence-electron chi connectivity index (χ2n) is 7.47. The zero-order valence-corrected chi connectivity index (χ0v) is 18.9. The molecule has 0 saturated carbocycles. The molecule has 0 aliphatic rings. The quantitative estimate of drug-likeness (QED) is 0.228. The molecule has 2 heterocycles. The number of amides is 1. The predicted molar refractivity (Wildman–Crippen MR) is 128 cm³/mol. The molecule has 0 spiro atoms. The van der Waals surface area contributed by atoms with Crippen molar-refractivity contribution in [3.63, 3.8) is 0 Å². The normalized spacial score (nSPS) is 11.4. The lowest BCUT2D eigenvalue weighted by atomic mass is 10.1. The zero-order chi connectivity index (χ0) is 23.9. The number of hydrogen-bond donors (Lipinski definition) is 1. The van der Waals surface area contributed by atoms with Gasteiger partial charge in [-0.15, -0.1) is 0 Å². The van der Waals surface area contributed by atoms with Crippen LogP contribution in [-0.2, 0) is 9.53 Å². The highest BCUT2D eigenvalue weighted by Crippen LogP contribution is 2.35. The Morgan fingerprint density at radius 3 is 2.76 bits per heavy atom. The van der Waals surface area contributed by atoms with E-state index in [1.807, 2.05) is 60.7 Å². The number of carbonyl (C=O) groups is 1. The third-order valence-corrected chi connectivity index (χ3v) is 5.20. The lowest BCUT2D eigenvalue weighted by Crippen LogP contribution is -2.26. The van der Waals surface area contributed by atoms with E-state index < -0.39 is 5.91 Å². The topological polar surface area (TPSA) is 102 Å². The Hall–Kier alpha value is -4.35. The van der Waals surface area contributed by atoms with Gasteiger partial charge in [0.25, 0.3) is 5.91 Å². The number of fused-ring (bicyclic) bond motifs is 1. The summed E-state index contributed by atoms with van der Waals surface area (Å²) in [6.45, 7) is 0.931. The number of para-hydroxylation sites is 2. The highest BCUT2D eigenvalue weighted by atomic mass is 16.5. The van der Waals surface area contributed by atoms with E-state index in [0.717, 1.165) is 11.1 Å². The summed E-state index contributed by atoms with van der Waals surface area (Å²) in [6.07, 6.45) is 3.95. The first-order valence-electron chi connectivity index (χ1n) is 10.8. The minimum atomic E-state index is -0.455. The van der Waals surface area contributed by atoms with Crippen LogP contribution in [-0.4, -0.2) is 43.1 Å². The molecule has 172 valence electrons. The number of benzene rings is 2. The van der Waals surface area contributed by atoms with E-state index in [1.165, 1.54) is 6.08 Å². The number of rotatable bonds is 9. The van der Waals surface area contributed by atoms with E-state index >= 15 is 0 Å². The smallest absolute Gasteiger partial charge is 0.261 e. The molecule has 0 radical (unpaired) electrons. The SMILES string of the molecule is COCCCNC(=O)/C(C#N)=C/c1cn(-c2ccccc2)nc1-c1cc2cccc(OC)c2o1. The molecule has 0 aliphatic heterocycles. The first kappa shape index (κ1) is 22.8. The maximum Gasteiger partial charge on any atom is 0.261 e. The Morgan fingerprint density at radius 2 is 2.03 bits per heavy atom. The van der Waals surface area contributed by atoms with Gasteiger partial charge in [-0.25, -0.2) is 4.68 Å². The standard InChI is InChI=1S/C26H24N4O4/c1-32-13-7-12-28-26(31)19(16-27)14-20-17-30(21-9-4-3-5-10-21)29-24(20)23-15-18-8-6-11-22(33-2)25(18)34-23/h3-6,8-11,14-15,17H,7,12-13H2,1-2H3,(H,28,31)/b19-14+. The van der Waals surface area contributed by atoms with Gasteiger partial charge < -0.3 is 19.2 Å². The van der Waals surface area contributed by atoms with Gasteiger partial charge in [0.1, 0.15) is 17.3 Å². The molecule has 4 rings (SSSR count). The molecule has 0 bridgehead atoms. The number of hydrogen-bond acceptors (Lipinski definition) is 6. The second kappa shape index (κ2) is 10.5. The summed E-state index contributed by atoms with van der Waals surface area (Å²) in [4.78, 5) is 12.6. The summed E-state index contributed by atoms with van der Waals surface area (Å²) in [5.41, 5.74) is 2.48. The van der Waals surface area contributed by atoms with Crippen LogP contribution in [0.25, 0.3) is 34.2 Å². The highest BCUT2D eigenvalue weighted by Gasteiger charge is 2.19. The zero-order valence-electron chi connectivity index (χ0n) is 18.9. The van der Waals surface area contributed by atoms with Gasteiger partial charge in [-0.3, -0.25) is 4.79 Å². The van der Waals surface area contributed by atoms with Crippen LogP contribution in [0.2, 0.25) is 0 Å². The number of methoxy groups -OCH3 is 2. The summed E-state index contributed by atoms with van der Waals surface area (Å²) >= 11 is 0. The number of ether oxygens (including phenoxy) is 2. The summed E-state index contributed by atoms with van der Waals surface area (Å²) in [5.74, 6) is 0.651. The van der Waals surface area contributed by atoms with Crippen LogP contribution >= 0.6 is 0 Å². The fourth-order valence-corrected chi connectivity index (χ4v) is 3.53. The summed E-state index contributed by atoms with van der Waals surface area (Å²) in [6, 6.07) is 19.0. The second-order valence-corrected chi connectivity index (χ2v) is 7.47. The van der Waals surface area contributed by atoms with Gasteiger partial charge in [0.05, 0.1) is 12.8 Å². The lowest BCUT2D eigenvalue weighted by molar-refractivity contribution is -0.117. The van der Waals surface area contributed by atoms with Crippen LogP contribution in [0.5, 0.6) is 5.75 Å². The van der Waals surface area contributed by atoms with E-state index in [0.29, 0.717) is 47.9 Å². The van der Waals surface area contributed by atoms with E-state index in [9.17, 15) is 10.1 Å². The van der Waals surface area contributed by atoms with E-state index in [1.54, 1.807) is 25.1 Å². The molecule has 0 atom stereocenters. The Labute approximate surface area is 197 Å². The first-order chi connectivity index (χ1) is 16.6. The maximum absolute atomic E-state index is 12.6. The monoisotopic (exact) mass is 456 g/mol. The Balaban J connectivity index is 1.77. The highest BCUT2D eigenvalue weighted by molar-refractivity contribution is 6.02. The van der Waals surface area contributed by atoms with Crippen molar-refractivity contribution < 1.29 is 18.7 Å². The third-order valence-electron chi connectivity index (χ3n) is 5.20. The summed E-state index contributed by atoms with van der Waals surface area (Å²) < 4.78 is 18.2. The van der Waals surface area contributed by atoms with Gasteiger partial charge in [-0.05, 0) is 36.8 Å². The van der Waals surface area contributed by atoms with Crippen molar-refractivity contribution in [2.45, 2.75) is 6.42 Å². The largest absolute Gasteiger partial charge is 0.493 e. The van der Waals surface area contributed by atoms with Crippen molar-refractivity contribution in [1.29, 1.82) is 5.26 Å². The summed E-state index contributed by atoms with van der Waals surface area (Å²) in [5, 5.41) is 18.0. The lowest BCUT2D eigenvalue weighted by Gasteiger charge is -2.03. The van der Waals surface area contributed by atoms with Crippen molar-refractivity contribution in [3.8, 4) is 29.0 Å². The van der Waals surface area contributed by atoms with Crippen molar-refractivity contribution in [3.05, 3.63) is 71.9 Å². The molecular formula is C26H24N4O4. The third kappa shape index (κ3) is 4.85. The molecule has 4 aromatic rings. The van der Waals surface area contributed by atoms with E-state index in [2.05, 4.69) is 5.32 Å². The molecule has 1 amide bonds. The van der Waals surface area contributed by atoms with Crippen LogP contribution in [0.15, 0.2) is 70.8 Å². The van der Waals surface area contributed by atoms with Crippen LogP contribution in [0.4, 0.5) is 0 Å². The number of aromatic nitrogens is 2. The molecule has 8 heteroatoms. The number of nitrogens with zero attached hydrogens (tertiary/aromatic N) is 3. The minimum absolute atomic E-state index is 0.0278. The minimum Gasteiger partial charge on any atom is -0.493 e. The molecule has 8 nitrogen and oxygen atoms in total. The maximum atomic E-state index is 12.6. The fraction of sp³-hybridized carbons (Fsp3) is 0.192. The molecule has 0 fully saturated rings. The fourth-order valence-electron chi connectivity index (χ4n) is 3.53. The van der Waals surface area contributed by atoms with Gasteiger partial charge in [-0.1, -0.05) is 30.3 Å². The van der Waals surface area contributed by atoms with Crippen LogP contribution in [0.3, 0.4) is 0 Å². The molecular weight excluding hydrogens is 432 g/mol. The van der Waals surface area contributed by atoms with Gasteiger partial charge in [-0.2, -0.15) is 10.4 Å². The Morgan fingerprint density at radius 1 is 1.21 bits per heavy atom. The molecule has 2 aromatic carbocycles. The van der Waals surface area contributed by atoms with Crippen molar-refractivity contribution in [1.82, 2.24) is 15.1 Å². The average Bonchev–Trinajstić information content (AvgIpc) is 3.49. The molecule has 1 N–H and O–H groups in total. The van der Waals surface area contributed by atoms with E-state index in [4.69, 9.17) is 19.0 Å². The average molecular weight is 457 g/mol. The summed E-state index contributed by atoms with van der Waals surface area (Å²) in [7, 11) is 3.18. The molecule has 0 saturated heterocycles. The van der Waals surface area contributed by atoms with Gasteiger partial charge >= 0.3 is 0 Å². The number of furan rings is 1. The number of nitriles is 1. The van der Waals surface area contributed by atoms with Crippen molar-refractivity contribution in [2.24, 2.45) is 0 Å². The van der Waals surface area contributed by atoms with Crippen molar-refractivity contribution >= 4 is 23.0 Å². The number of nitrogens with one attached hydrogen (secondary N) is 1. The number of carbonyl (C=O) groups excluding carboxylic acids is 1. The van der Waals surface area contributed by atoms with Crippen molar-refractivity contribution in [2.75, 3.05) is 27.4 Å². The van der Waals surface area contributed by atoms with E-state index in [-0.39, 0.29) is 5.57 Å². The molecule has 34 heavy (non-hydrogen) atoms. The Bertz CT molecular complexity index is 1360. The molecule has 0 unspecified atom stereocenters. The predicted octanol–water partition coefficient (Wildman–Crippen LogP) is 4.35. The molecule has 0 aliphatic carbocycles. The van der Waals surface area contributed by atoms with Crippen LogP contribution in [0.1, 0.15) is 12.0 Å². The van der Waals surface area contributed by atoms with Gasteiger partial charge in [0, 0.05) is 37.4 Å². The molecule has 2 aromatic heterocycles. The van der Waals surface area contributed by atoms with Crippen LogP contribution < -0.4 is 10.1 Å². The van der Waals surface area contributed by atoms with Gasteiger partial charge in [0.15, 0.2) is 17.1 Å².